The normalized spacial score (nSPS) is 11.6. The standard InChI is InChI=1S/C14H21N3O3S/c1-3-20-14(19)17-11-6-4-10(5-7-11)16-13(18)12(15)8-9-21-2/h4-7,12H,3,8-9,15H2,1-2H3,(H,16,18)(H,17,19)/t12-/m1/s1. The smallest absolute Gasteiger partial charge is 0.411 e. The number of ether oxygens (including phenoxy) is 1. The second-order valence-corrected chi connectivity index (χ2v) is 5.29. The van der Waals surface area contributed by atoms with Crippen molar-refractivity contribution in [3.63, 3.8) is 0 Å². The highest BCUT2D eigenvalue weighted by atomic mass is 32.2. The molecule has 0 spiro atoms. The Morgan fingerprint density at radius 1 is 1.24 bits per heavy atom. The van der Waals surface area contributed by atoms with Crippen molar-refractivity contribution >= 4 is 35.1 Å². The van der Waals surface area contributed by atoms with E-state index in [0.717, 1.165) is 5.75 Å². The van der Waals surface area contributed by atoms with E-state index in [2.05, 4.69) is 10.6 Å². The highest BCUT2D eigenvalue weighted by molar-refractivity contribution is 7.98. The number of rotatable bonds is 7. The summed E-state index contributed by atoms with van der Waals surface area (Å²) in [5, 5.41) is 5.31. The first-order chi connectivity index (χ1) is 10.1. The maximum Gasteiger partial charge on any atom is 0.411 e. The molecule has 0 saturated carbocycles. The zero-order valence-corrected chi connectivity index (χ0v) is 13.0. The van der Waals surface area contributed by atoms with Crippen LogP contribution in [0.25, 0.3) is 0 Å². The van der Waals surface area contributed by atoms with E-state index in [1.807, 2.05) is 6.26 Å². The molecular formula is C14H21N3O3S. The minimum Gasteiger partial charge on any atom is -0.450 e. The molecule has 0 aromatic heterocycles. The van der Waals surface area contributed by atoms with Gasteiger partial charge in [-0.15, -0.1) is 0 Å². The fourth-order valence-electron chi connectivity index (χ4n) is 1.53. The number of nitrogens with two attached hydrogens (primary N) is 1. The molecule has 21 heavy (non-hydrogen) atoms. The van der Waals surface area contributed by atoms with Crippen LogP contribution in [0.4, 0.5) is 16.2 Å². The molecule has 0 unspecified atom stereocenters. The summed E-state index contributed by atoms with van der Waals surface area (Å²) in [4.78, 5) is 23.1. The topological polar surface area (TPSA) is 93.5 Å². The third-order valence-corrected chi connectivity index (χ3v) is 3.29. The Hall–Kier alpha value is -1.73. The zero-order chi connectivity index (χ0) is 15.7. The highest BCUT2D eigenvalue weighted by Gasteiger charge is 2.12. The van der Waals surface area contributed by atoms with Crippen LogP contribution in [0.1, 0.15) is 13.3 Å². The van der Waals surface area contributed by atoms with Gasteiger partial charge < -0.3 is 15.8 Å². The summed E-state index contributed by atoms with van der Waals surface area (Å²) in [5.41, 5.74) is 7.01. The number of anilines is 2. The molecule has 0 radical (unpaired) electrons. The Labute approximate surface area is 128 Å². The average Bonchev–Trinajstić information content (AvgIpc) is 2.47. The molecule has 7 heteroatoms. The number of carbonyl (C=O) groups is 2. The first-order valence-corrected chi connectivity index (χ1v) is 8.05. The number of amides is 2. The van der Waals surface area contributed by atoms with Gasteiger partial charge in [-0.3, -0.25) is 10.1 Å². The Morgan fingerprint density at radius 2 is 1.81 bits per heavy atom. The van der Waals surface area contributed by atoms with Crippen molar-refractivity contribution in [2.45, 2.75) is 19.4 Å². The molecule has 1 aromatic carbocycles. The van der Waals surface area contributed by atoms with Crippen LogP contribution in [0, 0.1) is 0 Å². The van der Waals surface area contributed by atoms with Gasteiger partial charge in [-0.05, 0) is 49.6 Å². The van der Waals surface area contributed by atoms with Gasteiger partial charge in [0.15, 0.2) is 0 Å². The van der Waals surface area contributed by atoms with Crippen LogP contribution in [0.3, 0.4) is 0 Å². The third kappa shape index (κ3) is 6.50. The van der Waals surface area contributed by atoms with E-state index in [0.29, 0.717) is 24.4 Å². The molecule has 0 saturated heterocycles. The van der Waals surface area contributed by atoms with Crippen LogP contribution in [0.5, 0.6) is 0 Å². The highest BCUT2D eigenvalue weighted by Crippen LogP contribution is 2.14. The minimum absolute atomic E-state index is 0.213. The summed E-state index contributed by atoms with van der Waals surface area (Å²) in [5.74, 6) is 0.631. The van der Waals surface area contributed by atoms with Crippen LogP contribution < -0.4 is 16.4 Å². The van der Waals surface area contributed by atoms with Crippen LogP contribution in [-0.4, -0.2) is 36.7 Å². The summed E-state index contributed by atoms with van der Waals surface area (Å²) < 4.78 is 4.77. The second-order valence-electron chi connectivity index (χ2n) is 4.30. The molecule has 1 aromatic rings. The molecule has 0 heterocycles. The lowest BCUT2D eigenvalue weighted by Crippen LogP contribution is -2.36. The molecular weight excluding hydrogens is 290 g/mol. The summed E-state index contributed by atoms with van der Waals surface area (Å²) in [7, 11) is 0. The van der Waals surface area contributed by atoms with Gasteiger partial charge in [0.05, 0.1) is 12.6 Å². The van der Waals surface area contributed by atoms with Crippen LogP contribution in [-0.2, 0) is 9.53 Å². The first-order valence-electron chi connectivity index (χ1n) is 6.66. The molecule has 116 valence electrons. The van der Waals surface area contributed by atoms with Gasteiger partial charge in [-0.1, -0.05) is 0 Å². The molecule has 1 atom stereocenters. The van der Waals surface area contributed by atoms with E-state index >= 15 is 0 Å². The van der Waals surface area contributed by atoms with Gasteiger partial charge in [-0.2, -0.15) is 11.8 Å². The van der Waals surface area contributed by atoms with Crippen molar-refractivity contribution in [3.8, 4) is 0 Å². The lowest BCUT2D eigenvalue weighted by Gasteiger charge is -2.12. The van der Waals surface area contributed by atoms with Gasteiger partial charge in [0.2, 0.25) is 5.91 Å². The quantitative estimate of drug-likeness (QED) is 0.718. The van der Waals surface area contributed by atoms with Crippen molar-refractivity contribution < 1.29 is 14.3 Å². The van der Waals surface area contributed by atoms with Crippen molar-refractivity contribution in [3.05, 3.63) is 24.3 Å². The third-order valence-electron chi connectivity index (χ3n) is 2.64. The Morgan fingerprint density at radius 3 is 2.33 bits per heavy atom. The molecule has 0 fully saturated rings. The van der Waals surface area contributed by atoms with E-state index in [9.17, 15) is 9.59 Å². The monoisotopic (exact) mass is 311 g/mol. The van der Waals surface area contributed by atoms with E-state index in [-0.39, 0.29) is 5.91 Å². The Balaban J connectivity index is 2.50. The molecule has 4 N–H and O–H groups in total. The first kappa shape index (κ1) is 17.3. The van der Waals surface area contributed by atoms with E-state index in [1.165, 1.54) is 0 Å². The Kier molecular flexibility index (Phi) is 7.63. The van der Waals surface area contributed by atoms with Gasteiger partial charge in [0, 0.05) is 11.4 Å². The fourth-order valence-corrected chi connectivity index (χ4v) is 2.02. The Bertz CT molecular complexity index is 465. The molecule has 1 rings (SSSR count). The summed E-state index contributed by atoms with van der Waals surface area (Å²) in [6.45, 7) is 2.05. The van der Waals surface area contributed by atoms with Gasteiger partial charge in [0.1, 0.15) is 0 Å². The number of carbonyl (C=O) groups excluding carboxylic acids is 2. The molecule has 0 aliphatic rings. The number of thioether (sulfide) groups is 1. The van der Waals surface area contributed by atoms with Gasteiger partial charge in [0.25, 0.3) is 0 Å². The van der Waals surface area contributed by atoms with Gasteiger partial charge >= 0.3 is 6.09 Å². The predicted molar refractivity (Wildman–Crippen MR) is 86.7 cm³/mol. The summed E-state index contributed by atoms with van der Waals surface area (Å²) in [6.07, 6.45) is 2.10. The molecule has 0 aliphatic heterocycles. The lowest BCUT2D eigenvalue weighted by molar-refractivity contribution is -0.117. The van der Waals surface area contributed by atoms with Crippen molar-refractivity contribution in [1.29, 1.82) is 0 Å². The SMILES string of the molecule is CCOC(=O)Nc1ccc(NC(=O)[C@H](N)CCSC)cc1. The maximum atomic E-state index is 11.8. The largest absolute Gasteiger partial charge is 0.450 e. The summed E-state index contributed by atoms with van der Waals surface area (Å²) >= 11 is 1.65. The number of hydrogen-bond donors (Lipinski definition) is 3. The summed E-state index contributed by atoms with van der Waals surface area (Å²) in [6, 6.07) is 6.23. The number of nitrogens with one attached hydrogen (secondary N) is 2. The van der Waals surface area contributed by atoms with Crippen LogP contribution >= 0.6 is 11.8 Å². The molecule has 0 aliphatic carbocycles. The van der Waals surface area contributed by atoms with Crippen molar-refractivity contribution in [1.82, 2.24) is 0 Å². The number of hydrogen-bond acceptors (Lipinski definition) is 5. The predicted octanol–water partition coefficient (Wildman–Crippen LogP) is 2.27. The molecule has 0 bridgehead atoms. The van der Waals surface area contributed by atoms with Gasteiger partial charge in [-0.25, -0.2) is 4.79 Å². The van der Waals surface area contributed by atoms with E-state index < -0.39 is 12.1 Å². The molecule has 2 amide bonds. The van der Waals surface area contributed by atoms with E-state index in [4.69, 9.17) is 10.5 Å². The lowest BCUT2D eigenvalue weighted by atomic mass is 10.2. The van der Waals surface area contributed by atoms with Crippen LogP contribution in [0.2, 0.25) is 0 Å². The number of benzene rings is 1. The average molecular weight is 311 g/mol. The van der Waals surface area contributed by atoms with E-state index in [1.54, 1.807) is 43.0 Å². The van der Waals surface area contributed by atoms with Crippen LogP contribution in [0.15, 0.2) is 24.3 Å². The fraction of sp³-hybridized carbons (Fsp3) is 0.429. The maximum absolute atomic E-state index is 11.8. The van der Waals surface area contributed by atoms with Crippen molar-refractivity contribution in [2.24, 2.45) is 5.73 Å². The van der Waals surface area contributed by atoms with Crippen molar-refractivity contribution in [2.75, 3.05) is 29.2 Å². The zero-order valence-electron chi connectivity index (χ0n) is 12.2. The minimum atomic E-state index is -0.519. The molecule has 6 nitrogen and oxygen atoms in total. The second kappa shape index (κ2) is 9.25.